The monoisotopic (exact) mass is 343 g/mol. The number of nitrogens with zero attached hydrogens (tertiary/aromatic N) is 1. The number of ether oxygens (including phenoxy) is 1. The van der Waals surface area contributed by atoms with Crippen LogP contribution in [0, 0.1) is 23.7 Å². The van der Waals surface area contributed by atoms with Crippen molar-refractivity contribution < 1.29 is 9.53 Å². The van der Waals surface area contributed by atoms with Crippen LogP contribution < -0.4 is 5.32 Å². The van der Waals surface area contributed by atoms with Gasteiger partial charge in [-0.2, -0.15) is 0 Å². The molecule has 0 spiro atoms. The molecule has 25 heavy (non-hydrogen) atoms. The largest absolute Gasteiger partial charge is 0.366 e. The van der Waals surface area contributed by atoms with E-state index in [1.807, 2.05) is 12.3 Å². The second-order valence-corrected chi connectivity index (χ2v) is 8.76. The van der Waals surface area contributed by atoms with E-state index >= 15 is 0 Å². The highest BCUT2D eigenvalue weighted by Crippen LogP contribution is 2.53. The average molecular weight is 343 g/mol. The van der Waals surface area contributed by atoms with E-state index in [0.717, 1.165) is 36.8 Å². The van der Waals surface area contributed by atoms with Crippen molar-refractivity contribution in [2.45, 2.75) is 50.8 Å². The predicted octanol–water partition coefficient (Wildman–Crippen LogP) is 2.16. The molecule has 1 atom stereocenters. The number of carbonyl (C=O) groups excluding carboxylic acids is 1. The lowest BCUT2D eigenvalue weighted by molar-refractivity contribution is -0.142. The molecule has 4 saturated carbocycles. The van der Waals surface area contributed by atoms with E-state index in [1.54, 1.807) is 0 Å². The Bertz CT molecular complexity index is 586. The van der Waals surface area contributed by atoms with Crippen molar-refractivity contribution in [2.24, 2.45) is 23.7 Å². The summed E-state index contributed by atoms with van der Waals surface area (Å²) in [5, 5.41) is 3.41. The Hall–Kier alpha value is -1.33. The molecule has 1 unspecified atom stereocenters. The molecule has 0 radical (unpaired) electrons. The molecule has 2 N–H and O–H groups in total. The number of hydrogen-bond acceptors (Lipinski definition) is 3. The van der Waals surface area contributed by atoms with E-state index < -0.39 is 0 Å². The van der Waals surface area contributed by atoms with Crippen molar-refractivity contribution in [1.29, 1.82) is 0 Å². The number of H-pyrrole nitrogens is 1. The Balaban J connectivity index is 1.19. The molecule has 1 aliphatic heterocycles. The first-order chi connectivity index (χ1) is 12.2. The number of nitrogens with one attached hydrogen (secondary N) is 2. The summed E-state index contributed by atoms with van der Waals surface area (Å²) in [6, 6.07) is 4.52. The van der Waals surface area contributed by atoms with Gasteiger partial charge in [0, 0.05) is 37.6 Å². The van der Waals surface area contributed by atoms with E-state index in [9.17, 15) is 4.79 Å². The highest BCUT2D eigenvalue weighted by Gasteiger charge is 2.49. The number of hydrogen-bond donors (Lipinski definition) is 2. The molecule has 5 nitrogen and oxygen atoms in total. The van der Waals surface area contributed by atoms with Gasteiger partial charge in [-0.05, 0) is 67.9 Å². The second kappa shape index (κ2) is 6.44. The molecule has 1 saturated heterocycles. The minimum Gasteiger partial charge on any atom is -0.366 e. The molecule has 4 bridgehead atoms. The molecule has 6 rings (SSSR count). The third kappa shape index (κ3) is 3.13. The maximum Gasteiger partial charge on any atom is 0.250 e. The maximum absolute atomic E-state index is 12.9. The van der Waals surface area contributed by atoms with Gasteiger partial charge in [0.2, 0.25) is 0 Å². The van der Waals surface area contributed by atoms with E-state index in [4.69, 9.17) is 4.74 Å². The van der Waals surface area contributed by atoms with Crippen LogP contribution in [0.5, 0.6) is 0 Å². The van der Waals surface area contributed by atoms with Crippen molar-refractivity contribution >= 4 is 5.91 Å². The standard InChI is InChI=1S/C20H29N3O2/c24-20(18-12-23(4-5-25-18)11-17-2-1-3-21-17)22-19-15-7-13-6-14(9-15)10-16(19)8-13/h1-3,13-16,18-19,21H,4-12H2,(H,22,24). The predicted molar refractivity (Wildman–Crippen MR) is 94.8 cm³/mol. The number of amides is 1. The van der Waals surface area contributed by atoms with Crippen LogP contribution >= 0.6 is 0 Å². The lowest BCUT2D eigenvalue weighted by Gasteiger charge is -2.54. The highest BCUT2D eigenvalue weighted by molar-refractivity contribution is 5.81. The summed E-state index contributed by atoms with van der Waals surface area (Å²) in [6.07, 6.45) is 8.43. The van der Waals surface area contributed by atoms with Crippen LogP contribution in [0.25, 0.3) is 0 Å². The van der Waals surface area contributed by atoms with Gasteiger partial charge in [-0.25, -0.2) is 0 Å². The van der Waals surface area contributed by atoms with Crippen molar-refractivity contribution in [2.75, 3.05) is 19.7 Å². The lowest BCUT2D eigenvalue weighted by Crippen LogP contribution is -2.59. The normalized spacial score (nSPS) is 40.3. The fourth-order valence-electron chi connectivity index (χ4n) is 6.13. The minimum absolute atomic E-state index is 0.119. The van der Waals surface area contributed by atoms with Gasteiger partial charge in [-0.1, -0.05) is 0 Å². The molecule has 5 heteroatoms. The molecular weight excluding hydrogens is 314 g/mol. The van der Waals surface area contributed by atoms with Crippen LogP contribution in [0.3, 0.4) is 0 Å². The van der Waals surface area contributed by atoms with E-state index in [2.05, 4.69) is 21.3 Å². The Morgan fingerprint density at radius 3 is 2.64 bits per heavy atom. The van der Waals surface area contributed by atoms with Gasteiger partial charge in [0.15, 0.2) is 0 Å². The van der Waals surface area contributed by atoms with Crippen LogP contribution in [-0.2, 0) is 16.1 Å². The quantitative estimate of drug-likeness (QED) is 0.881. The van der Waals surface area contributed by atoms with Gasteiger partial charge in [-0.15, -0.1) is 0 Å². The van der Waals surface area contributed by atoms with Crippen LogP contribution in [0.15, 0.2) is 18.3 Å². The third-order valence-corrected chi connectivity index (χ3v) is 7.03. The summed E-state index contributed by atoms with van der Waals surface area (Å²) in [6.45, 7) is 3.08. The first-order valence-corrected chi connectivity index (χ1v) is 10.0. The minimum atomic E-state index is -0.319. The second-order valence-electron chi connectivity index (χ2n) is 8.76. The smallest absolute Gasteiger partial charge is 0.250 e. The highest BCUT2D eigenvalue weighted by atomic mass is 16.5. The van der Waals surface area contributed by atoms with Gasteiger partial charge in [0.25, 0.3) is 5.91 Å². The summed E-state index contributed by atoms with van der Waals surface area (Å²) >= 11 is 0. The Labute approximate surface area is 149 Å². The van der Waals surface area contributed by atoms with Crippen LogP contribution in [0.2, 0.25) is 0 Å². The molecule has 4 aliphatic carbocycles. The zero-order valence-electron chi connectivity index (χ0n) is 14.8. The fourth-order valence-corrected chi connectivity index (χ4v) is 6.13. The van der Waals surface area contributed by atoms with Gasteiger partial charge in [0.1, 0.15) is 6.10 Å². The first-order valence-electron chi connectivity index (χ1n) is 10.0. The number of rotatable bonds is 4. The SMILES string of the molecule is O=C(NC1C2CC3CC(C2)CC1C3)C1CN(Cc2ccc[nH]2)CCO1. The molecular formula is C20H29N3O2. The van der Waals surface area contributed by atoms with Crippen molar-refractivity contribution in [3.63, 3.8) is 0 Å². The average Bonchev–Trinajstić information content (AvgIpc) is 3.10. The Morgan fingerprint density at radius 1 is 1.20 bits per heavy atom. The Kier molecular flexibility index (Phi) is 4.09. The first kappa shape index (κ1) is 15.9. The topological polar surface area (TPSA) is 57.4 Å². The molecule has 2 heterocycles. The van der Waals surface area contributed by atoms with E-state index in [-0.39, 0.29) is 12.0 Å². The van der Waals surface area contributed by atoms with Crippen molar-refractivity contribution in [1.82, 2.24) is 15.2 Å². The summed E-state index contributed by atoms with van der Waals surface area (Å²) in [7, 11) is 0. The molecule has 1 aromatic rings. The van der Waals surface area contributed by atoms with Crippen LogP contribution in [0.1, 0.15) is 37.8 Å². The maximum atomic E-state index is 12.9. The fraction of sp³-hybridized carbons (Fsp3) is 0.750. The number of morpholine rings is 1. The van der Waals surface area contributed by atoms with E-state index in [0.29, 0.717) is 19.2 Å². The number of aromatic nitrogens is 1. The lowest BCUT2D eigenvalue weighted by atomic mass is 9.54. The summed E-state index contributed by atoms with van der Waals surface area (Å²) in [4.78, 5) is 18.4. The number of carbonyl (C=O) groups is 1. The van der Waals surface area contributed by atoms with Crippen LogP contribution in [-0.4, -0.2) is 47.6 Å². The zero-order chi connectivity index (χ0) is 16.8. The summed E-state index contributed by atoms with van der Waals surface area (Å²) < 4.78 is 5.82. The van der Waals surface area contributed by atoms with Gasteiger partial charge < -0.3 is 15.0 Å². The molecule has 1 amide bonds. The molecule has 136 valence electrons. The van der Waals surface area contributed by atoms with Gasteiger partial charge in [0.05, 0.1) is 6.61 Å². The molecule has 5 aliphatic rings. The summed E-state index contributed by atoms with van der Waals surface area (Å²) in [5.74, 6) is 3.45. The number of aromatic amines is 1. The van der Waals surface area contributed by atoms with Crippen molar-refractivity contribution in [3.8, 4) is 0 Å². The van der Waals surface area contributed by atoms with Crippen molar-refractivity contribution in [3.05, 3.63) is 24.0 Å². The summed E-state index contributed by atoms with van der Waals surface area (Å²) in [5.41, 5.74) is 1.20. The Morgan fingerprint density at radius 2 is 1.96 bits per heavy atom. The van der Waals surface area contributed by atoms with Gasteiger partial charge >= 0.3 is 0 Å². The zero-order valence-corrected chi connectivity index (χ0v) is 14.8. The van der Waals surface area contributed by atoms with E-state index in [1.165, 1.54) is 37.8 Å². The third-order valence-electron chi connectivity index (χ3n) is 7.03. The molecule has 1 aromatic heterocycles. The van der Waals surface area contributed by atoms with Gasteiger partial charge in [-0.3, -0.25) is 9.69 Å². The molecule has 0 aromatic carbocycles. The van der Waals surface area contributed by atoms with Crippen LogP contribution in [0.4, 0.5) is 0 Å². The molecule has 5 fully saturated rings.